The van der Waals surface area contributed by atoms with Gasteiger partial charge < -0.3 is 15.1 Å². The number of nitrogens with one attached hydrogen (secondary N) is 2. The molecule has 1 aromatic carbocycles. The van der Waals surface area contributed by atoms with Crippen LogP contribution in [0.15, 0.2) is 28.7 Å². The van der Waals surface area contributed by atoms with Gasteiger partial charge in [-0.3, -0.25) is 9.59 Å². The van der Waals surface area contributed by atoms with Crippen molar-refractivity contribution in [2.24, 2.45) is 0 Å². The first kappa shape index (κ1) is 17.6. The minimum absolute atomic E-state index is 0.0110. The van der Waals surface area contributed by atoms with Crippen LogP contribution in [-0.4, -0.2) is 11.8 Å². The van der Waals surface area contributed by atoms with E-state index in [0.717, 1.165) is 12.1 Å². The number of alkyl halides is 3. The first-order valence-corrected chi connectivity index (χ1v) is 6.95. The molecule has 1 aromatic heterocycles. The summed E-state index contributed by atoms with van der Waals surface area (Å²) in [4.78, 5) is 23.2. The van der Waals surface area contributed by atoms with Crippen LogP contribution in [-0.2, 0) is 11.0 Å². The van der Waals surface area contributed by atoms with Crippen LogP contribution in [0.3, 0.4) is 0 Å². The van der Waals surface area contributed by atoms with Gasteiger partial charge in [0.15, 0.2) is 0 Å². The molecule has 1 heterocycles. The number of carbonyl (C=O) groups excluding carboxylic acids is 2. The van der Waals surface area contributed by atoms with Gasteiger partial charge in [-0.1, -0.05) is 0 Å². The second kappa shape index (κ2) is 6.38. The van der Waals surface area contributed by atoms with Crippen LogP contribution in [0, 0.1) is 13.8 Å². The molecule has 0 bridgehead atoms. The fourth-order valence-corrected chi connectivity index (χ4v) is 2.21. The molecule has 0 aliphatic carbocycles. The molecule has 2 rings (SSSR count). The van der Waals surface area contributed by atoms with E-state index in [1.807, 2.05) is 0 Å². The lowest BCUT2D eigenvalue weighted by molar-refractivity contribution is -0.137. The average Bonchev–Trinajstić information content (AvgIpc) is 2.77. The summed E-state index contributed by atoms with van der Waals surface area (Å²) in [6.07, 6.45) is -4.70. The quantitative estimate of drug-likeness (QED) is 0.883. The third-order valence-corrected chi connectivity index (χ3v) is 3.18. The van der Waals surface area contributed by atoms with Crippen molar-refractivity contribution in [3.05, 3.63) is 46.9 Å². The molecule has 0 radical (unpaired) electrons. The Hall–Kier alpha value is -2.77. The number of benzene rings is 1. The van der Waals surface area contributed by atoms with Gasteiger partial charge in [0.2, 0.25) is 5.91 Å². The standard InChI is InChI=1S/C16H15F3N2O3/c1-8-6-12(9(2)24-8)15(23)21-14-5-4-11(20-10(3)22)7-13(14)16(17,18)19/h4-7H,1-3H3,(H,20,22)(H,21,23). The molecule has 128 valence electrons. The Morgan fingerprint density at radius 2 is 1.75 bits per heavy atom. The normalized spacial score (nSPS) is 11.2. The van der Waals surface area contributed by atoms with Gasteiger partial charge in [0.05, 0.1) is 16.8 Å². The van der Waals surface area contributed by atoms with Crippen molar-refractivity contribution in [3.8, 4) is 0 Å². The highest BCUT2D eigenvalue weighted by atomic mass is 19.4. The van der Waals surface area contributed by atoms with Gasteiger partial charge in [-0.15, -0.1) is 0 Å². The Morgan fingerprint density at radius 1 is 1.08 bits per heavy atom. The molecule has 2 amide bonds. The van der Waals surface area contributed by atoms with E-state index in [1.165, 1.54) is 19.1 Å². The number of furan rings is 1. The molecule has 8 heteroatoms. The van der Waals surface area contributed by atoms with Crippen LogP contribution in [0.5, 0.6) is 0 Å². The zero-order chi connectivity index (χ0) is 18.1. The van der Waals surface area contributed by atoms with Crippen LogP contribution in [0.4, 0.5) is 24.5 Å². The van der Waals surface area contributed by atoms with Crippen LogP contribution in [0.25, 0.3) is 0 Å². The Bertz CT molecular complexity index is 794. The fourth-order valence-electron chi connectivity index (χ4n) is 2.21. The minimum Gasteiger partial charge on any atom is -0.466 e. The van der Waals surface area contributed by atoms with Gasteiger partial charge in [0.1, 0.15) is 11.5 Å². The molecule has 0 saturated carbocycles. The number of hydrogen-bond acceptors (Lipinski definition) is 3. The summed E-state index contributed by atoms with van der Waals surface area (Å²) in [5.74, 6) is -0.408. The number of carbonyl (C=O) groups is 2. The van der Waals surface area contributed by atoms with Crippen molar-refractivity contribution in [1.29, 1.82) is 0 Å². The largest absolute Gasteiger partial charge is 0.466 e. The zero-order valence-electron chi connectivity index (χ0n) is 13.2. The predicted molar refractivity (Wildman–Crippen MR) is 81.9 cm³/mol. The Balaban J connectivity index is 2.37. The fraction of sp³-hybridized carbons (Fsp3) is 0.250. The molecule has 5 nitrogen and oxygen atoms in total. The summed E-state index contributed by atoms with van der Waals surface area (Å²) in [6.45, 7) is 4.37. The van der Waals surface area contributed by atoms with Gasteiger partial charge in [-0.25, -0.2) is 0 Å². The molecule has 0 saturated heterocycles. The minimum atomic E-state index is -4.70. The Kier molecular flexibility index (Phi) is 4.68. The van der Waals surface area contributed by atoms with E-state index in [2.05, 4.69) is 10.6 Å². The monoisotopic (exact) mass is 340 g/mol. The Morgan fingerprint density at radius 3 is 2.25 bits per heavy atom. The number of amides is 2. The highest BCUT2D eigenvalue weighted by Crippen LogP contribution is 2.37. The summed E-state index contributed by atoms with van der Waals surface area (Å²) in [6, 6.07) is 4.59. The molecule has 2 N–H and O–H groups in total. The van der Waals surface area contributed by atoms with Crippen LogP contribution in [0.2, 0.25) is 0 Å². The summed E-state index contributed by atoms with van der Waals surface area (Å²) >= 11 is 0. The molecule has 24 heavy (non-hydrogen) atoms. The summed E-state index contributed by atoms with van der Waals surface area (Å²) in [5.41, 5.74) is -1.31. The average molecular weight is 340 g/mol. The topological polar surface area (TPSA) is 71.3 Å². The van der Waals surface area contributed by atoms with E-state index >= 15 is 0 Å². The highest BCUT2D eigenvalue weighted by Gasteiger charge is 2.34. The highest BCUT2D eigenvalue weighted by molar-refractivity contribution is 6.05. The molecule has 0 aliphatic rings. The van der Waals surface area contributed by atoms with E-state index < -0.39 is 29.2 Å². The third kappa shape index (κ3) is 3.95. The smallest absolute Gasteiger partial charge is 0.418 e. The summed E-state index contributed by atoms with van der Waals surface area (Å²) in [5, 5.41) is 4.51. The molecule has 0 unspecified atom stereocenters. The number of aryl methyl sites for hydroxylation is 2. The molecule has 0 fully saturated rings. The molecule has 2 aromatic rings. The van der Waals surface area contributed by atoms with Gasteiger partial charge >= 0.3 is 6.18 Å². The van der Waals surface area contributed by atoms with Gasteiger partial charge in [0, 0.05) is 12.6 Å². The molecule has 0 aliphatic heterocycles. The van der Waals surface area contributed by atoms with Crippen molar-refractivity contribution in [2.75, 3.05) is 10.6 Å². The van der Waals surface area contributed by atoms with E-state index in [-0.39, 0.29) is 11.3 Å². The second-order valence-corrected chi connectivity index (χ2v) is 5.22. The lowest BCUT2D eigenvalue weighted by Gasteiger charge is -2.15. The number of hydrogen-bond donors (Lipinski definition) is 2. The summed E-state index contributed by atoms with van der Waals surface area (Å²) in [7, 11) is 0. The molecular formula is C16H15F3N2O3. The SMILES string of the molecule is CC(=O)Nc1ccc(NC(=O)c2cc(C)oc2C)c(C(F)(F)F)c1. The van der Waals surface area contributed by atoms with Crippen molar-refractivity contribution in [3.63, 3.8) is 0 Å². The van der Waals surface area contributed by atoms with Gasteiger partial charge in [-0.05, 0) is 38.1 Å². The van der Waals surface area contributed by atoms with Crippen LogP contribution in [0.1, 0.15) is 34.4 Å². The van der Waals surface area contributed by atoms with E-state index in [1.54, 1.807) is 13.8 Å². The molecule has 0 spiro atoms. The first-order chi connectivity index (χ1) is 11.1. The maximum Gasteiger partial charge on any atom is 0.418 e. The molecular weight excluding hydrogens is 325 g/mol. The zero-order valence-corrected chi connectivity index (χ0v) is 13.2. The molecule has 0 atom stereocenters. The van der Waals surface area contributed by atoms with Crippen molar-refractivity contribution < 1.29 is 27.2 Å². The summed E-state index contributed by atoms with van der Waals surface area (Å²) < 4.78 is 44.9. The number of anilines is 2. The number of halogens is 3. The van der Waals surface area contributed by atoms with Crippen molar-refractivity contribution in [1.82, 2.24) is 0 Å². The van der Waals surface area contributed by atoms with E-state index in [0.29, 0.717) is 11.5 Å². The van der Waals surface area contributed by atoms with Crippen LogP contribution >= 0.6 is 0 Å². The van der Waals surface area contributed by atoms with Crippen molar-refractivity contribution in [2.45, 2.75) is 26.9 Å². The Labute approximate surface area is 135 Å². The third-order valence-electron chi connectivity index (χ3n) is 3.18. The maximum absolute atomic E-state index is 13.2. The van der Waals surface area contributed by atoms with Crippen molar-refractivity contribution >= 4 is 23.2 Å². The maximum atomic E-state index is 13.2. The van der Waals surface area contributed by atoms with E-state index in [9.17, 15) is 22.8 Å². The lowest BCUT2D eigenvalue weighted by atomic mass is 10.1. The second-order valence-electron chi connectivity index (χ2n) is 5.22. The van der Waals surface area contributed by atoms with Gasteiger partial charge in [0.25, 0.3) is 5.91 Å². The van der Waals surface area contributed by atoms with Crippen LogP contribution < -0.4 is 10.6 Å². The number of rotatable bonds is 3. The van der Waals surface area contributed by atoms with Gasteiger partial charge in [-0.2, -0.15) is 13.2 Å². The predicted octanol–water partition coefficient (Wildman–Crippen LogP) is 4.13. The van der Waals surface area contributed by atoms with E-state index in [4.69, 9.17) is 4.42 Å². The lowest BCUT2D eigenvalue weighted by Crippen LogP contribution is -2.17. The first-order valence-electron chi connectivity index (χ1n) is 6.95.